The molecule has 0 spiro atoms. The van der Waals surface area contributed by atoms with Gasteiger partial charge in [-0.2, -0.15) is 9.61 Å². The third kappa shape index (κ3) is 3.11. The van der Waals surface area contributed by atoms with Gasteiger partial charge >= 0.3 is 0 Å². The lowest BCUT2D eigenvalue weighted by atomic mass is 10.1. The van der Waals surface area contributed by atoms with Crippen LogP contribution in [0, 0.1) is 13.8 Å². The number of nitrogens with zero attached hydrogens (tertiary/aromatic N) is 4. The molecule has 1 aromatic carbocycles. The Balaban J connectivity index is 1.89. The van der Waals surface area contributed by atoms with Crippen LogP contribution in [0.1, 0.15) is 37.1 Å². The summed E-state index contributed by atoms with van der Waals surface area (Å²) in [4.78, 5) is 7.28. The Labute approximate surface area is 153 Å². The molecular formula is C20H23ClN4. The van der Waals surface area contributed by atoms with Crippen molar-refractivity contribution in [2.75, 3.05) is 18.0 Å². The Morgan fingerprint density at radius 2 is 1.64 bits per heavy atom. The van der Waals surface area contributed by atoms with E-state index in [1.54, 1.807) is 0 Å². The Morgan fingerprint density at radius 1 is 0.960 bits per heavy atom. The Kier molecular flexibility index (Phi) is 4.38. The number of halogens is 1. The molecule has 1 aliphatic heterocycles. The maximum Gasteiger partial charge on any atom is 0.165 e. The van der Waals surface area contributed by atoms with Gasteiger partial charge in [0.2, 0.25) is 0 Å². The number of aryl methyl sites for hydroxylation is 2. The molecule has 0 atom stereocenters. The van der Waals surface area contributed by atoms with Crippen molar-refractivity contribution in [1.29, 1.82) is 0 Å². The van der Waals surface area contributed by atoms with Gasteiger partial charge in [-0.25, -0.2) is 4.98 Å². The number of hydrogen-bond acceptors (Lipinski definition) is 3. The number of anilines is 1. The van der Waals surface area contributed by atoms with E-state index in [0.717, 1.165) is 52.1 Å². The smallest absolute Gasteiger partial charge is 0.165 e. The second-order valence-electron chi connectivity index (χ2n) is 6.86. The van der Waals surface area contributed by atoms with Crippen molar-refractivity contribution in [2.24, 2.45) is 0 Å². The van der Waals surface area contributed by atoms with Gasteiger partial charge in [-0.3, -0.25) is 0 Å². The second kappa shape index (κ2) is 6.68. The molecule has 25 heavy (non-hydrogen) atoms. The molecule has 2 aromatic heterocycles. The van der Waals surface area contributed by atoms with E-state index in [1.807, 2.05) is 28.8 Å². The van der Waals surface area contributed by atoms with Crippen LogP contribution in [0.4, 0.5) is 5.82 Å². The van der Waals surface area contributed by atoms with Crippen LogP contribution in [0.3, 0.4) is 0 Å². The molecular weight excluding hydrogens is 332 g/mol. The minimum absolute atomic E-state index is 0.743. The van der Waals surface area contributed by atoms with Crippen LogP contribution in [0.2, 0.25) is 5.02 Å². The number of rotatable bonds is 2. The maximum atomic E-state index is 6.06. The summed E-state index contributed by atoms with van der Waals surface area (Å²) in [6, 6.07) is 10.1. The topological polar surface area (TPSA) is 33.4 Å². The van der Waals surface area contributed by atoms with Crippen molar-refractivity contribution in [3.8, 4) is 11.1 Å². The SMILES string of the molecule is Cc1cc(N2CCCCCC2)n2nc(C)c(-c3ccc(Cl)cc3)c2n1. The first-order valence-electron chi connectivity index (χ1n) is 9.01. The number of benzene rings is 1. The summed E-state index contributed by atoms with van der Waals surface area (Å²) in [5, 5.41) is 5.58. The minimum atomic E-state index is 0.743. The average Bonchev–Trinajstić information content (AvgIpc) is 2.77. The summed E-state index contributed by atoms with van der Waals surface area (Å²) < 4.78 is 2.03. The predicted octanol–water partition coefficient (Wildman–Crippen LogP) is 5.05. The standard InChI is InChI=1S/C20H23ClN4/c1-14-13-18(24-11-5-3-4-6-12-24)25-20(22-14)19(15(2)23-25)16-7-9-17(21)10-8-16/h7-10,13H,3-6,11-12H2,1-2H3. The molecule has 1 saturated heterocycles. The fraction of sp³-hybridized carbons (Fsp3) is 0.400. The van der Waals surface area contributed by atoms with Gasteiger partial charge in [0.05, 0.1) is 5.69 Å². The number of hydrogen-bond donors (Lipinski definition) is 0. The van der Waals surface area contributed by atoms with E-state index in [4.69, 9.17) is 21.7 Å². The largest absolute Gasteiger partial charge is 0.356 e. The monoisotopic (exact) mass is 354 g/mol. The lowest BCUT2D eigenvalue weighted by molar-refractivity contribution is 0.726. The highest BCUT2D eigenvalue weighted by molar-refractivity contribution is 6.30. The van der Waals surface area contributed by atoms with Gasteiger partial charge in [0.1, 0.15) is 5.82 Å². The van der Waals surface area contributed by atoms with Crippen molar-refractivity contribution >= 4 is 23.1 Å². The minimum Gasteiger partial charge on any atom is -0.356 e. The van der Waals surface area contributed by atoms with Crippen molar-refractivity contribution < 1.29 is 0 Å². The van der Waals surface area contributed by atoms with Gasteiger partial charge in [-0.15, -0.1) is 0 Å². The van der Waals surface area contributed by atoms with E-state index >= 15 is 0 Å². The molecule has 1 fully saturated rings. The van der Waals surface area contributed by atoms with Crippen molar-refractivity contribution in [3.63, 3.8) is 0 Å². The van der Waals surface area contributed by atoms with E-state index < -0.39 is 0 Å². The zero-order chi connectivity index (χ0) is 17.4. The van der Waals surface area contributed by atoms with E-state index in [9.17, 15) is 0 Å². The van der Waals surface area contributed by atoms with Crippen LogP contribution in [-0.2, 0) is 0 Å². The Hall–Kier alpha value is -2.07. The van der Waals surface area contributed by atoms with Crippen LogP contribution in [0.5, 0.6) is 0 Å². The normalized spacial score (nSPS) is 15.6. The fourth-order valence-corrected chi connectivity index (χ4v) is 3.83. The van der Waals surface area contributed by atoms with Gasteiger partial charge in [0, 0.05) is 35.4 Å². The summed E-state index contributed by atoms with van der Waals surface area (Å²) in [6.07, 6.45) is 5.12. The highest BCUT2D eigenvalue weighted by atomic mass is 35.5. The van der Waals surface area contributed by atoms with Gasteiger partial charge in [0.15, 0.2) is 5.65 Å². The lowest BCUT2D eigenvalue weighted by Gasteiger charge is -2.23. The lowest BCUT2D eigenvalue weighted by Crippen LogP contribution is -2.26. The first kappa shape index (κ1) is 16.4. The third-order valence-electron chi connectivity index (χ3n) is 4.94. The molecule has 4 rings (SSSR count). The molecule has 0 bridgehead atoms. The molecule has 0 unspecified atom stereocenters. The molecule has 5 heteroatoms. The van der Waals surface area contributed by atoms with Crippen LogP contribution < -0.4 is 4.90 Å². The number of fused-ring (bicyclic) bond motifs is 1. The van der Waals surface area contributed by atoms with Crippen LogP contribution in [0.15, 0.2) is 30.3 Å². The van der Waals surface area contributed by atoms with E-state index in [1.165, 1.54) is 25.7 Å². The summed E-state index contributed by atoms with van der Waals surface area (Å²) in [5.74, 6) is 1.16. The molecule has 4 nitrogen and oxygen atoms in total. The molecule has 0 saturated carbocycles. The summed E-state index contributed by atoms with van der Waals surface area (Å²) >= 11 is 6.06. The molecule has 3 aromatic rings. The first-order valence-corrected chi connectivity index (χ1v) is 9.39. The average molecular weight is 355 g/mol. The van der Waals surface area contributed by atoms with Crippen LogP contribution in [-0.4, -0.2) is 27.7 Å². The molecule has 130 valence electrons. The highest BCUT2D eigenvalue weighted by Gasteiger charge is 2.19. The Morgan fingerprint density at radius 3 is 2.32 bits per heavy atom. The van der Waals surface area contributed by atoms with E-state index in [-0.39, 0.29) is 0 Å². The van der Waals surface area contributed by atoms with Crippen molar-refractivity contribution in [2.45, 2.75) is 39.5 Å². The highest BCUT2D eigenvalue weighted by Crippen LogP contribution is 2.31. The third-order valence-corrected chi connectivity index (χ3v) is 5.19. The summed E-state index contributed by atoms with van der Waals surface area (Å²) in [7, 11) is 0. The number of aromatic nitrogens is 3. The van der Waals surface area contributed by atoms with E-state index in [2.05, 4.69) is 24.8 Å². The van der Waals surface area contributed by atoms with Gasteiger partial charge < -0.3 is 4.90 Å². The van der Waals surface area contributed by atoms with Crippen molar-refractivity contribution in [1.82, 2.24) is 14.6 Å². The summed E-state index contributed by atoms with van der Waals surface area (Å²) in [6.45, 7) is 6.30. The first-order chi connectivity index (χ1) is 12.1. The molecule has 0 aliphatic carbocycles. The summed E-state index contributed by atoms with van der Waals surface area (Å²) in [5.41, 5.74) is 5.16. The quantitative estimate of drug-likeness (QED) is 0.645. The van der Waals surface area contributed by atoms with Gasteiger partial charge in [-0.1, -0.05) is 36.6 Å². The molecule has 0 amide bonds. The molecule has 0 radical (unpaired) electrons. The van der Waals surface area contributed by atoms with Crippen molar-refractivity contribution in [3.05, 3.63) is 46.7 Å². The van der Waals surface area contributed by atoms with Crippen LogP contribution in [0.25, 0.3) is 16.8 Å². The molecule has 3 heterocycles. The predicted molar refractivity (Wildman–Crippen MR) is 104 cm³/mol. The molecule has 1 aliphatic rings. The Bertz CT molecular complexity index is 890. The maximum absolute atomic E-state index is 6.06. The van der Waals surface area contributed by atoms with E-state index in [0.29, 0.717) is 0 Å². The fourth-order valence-electron chi connectivity index (χ4n) is 3.70. The molecule has 0 N–H and O–H groups in total. The second-order valence-corrected chi connectivity index (χ2v) is 7.30. The van der Waals surface area contributed by atoms with Gasteiger partial charge in [-0.05, 0) is 44.4 Å². The van der Waals surface area contributed by atoms with Gasteiger partial charge in [0.25, 0.3) is 0 Å². The zero-order valence-corrected chi connectivity index (χ0v) is 15.6. The van der Waals surface area contributed by atoms with Crippen LogP contribution >= 0.6 is 11.6 Å². The zero-order valence-electron chi connectivity index (χ0n) is 14.8.